The molecule has 0 amide bonds. The lowest BCUT2D eigenvalue weighted by atomic mass is 10.0. The van der Waals surface area contributed by atoms with Crippen LogP contribution in [-0.4, -0.2) is 8.42 Å². The van der Waals surface area contributed by atoms with Gasteiger partial charge in [-0.1, -0.05) is 76.8 Å². The van der Waals surface area contributed by atoms with Crippen molar-refractivity contribution in [3.05, 3.63) is 29.8 Å². The molecule has 0 saturated heterocycles. The Morgan fingerprint density at radius 3 is 1.78 bits per heavy atom. The minimum atomic E-state index is -3.53. The third-order valence-corrected chi connectivity index (χ3v) is 5.41. The average Bonchev–Trinajstić information content (AvgIpc) is 2.57. The Labute approximate surface area is 141 Å². The summed E-state index contributed by atoms with van der Waals surface area (Å²) in [5, 5.41) is 0. The van der Waals surface area contributed by atoms with Crippen LogP contribution in [0.15, 0.2) is 29.2 Å². The Morgan fingerprint density at radius 1 is 0.826 bits per heavy atom. The summed E-state index contributed by atoms with van der Waals surface area (Å²) >= 11 is 0. The van der Waals surface area contributed by atoms with Crippen molar-refractivity contribution in [2.45, 2.75) is 82.4 Å². The van der Waals surface area contributed by atoms with E-state index in [0.717, 1.165) is 12.8 Å². The van der Waals surface area contributed by atoms with Gasteiger partial charge in [0, 0.05) is 0 Å². The first-order valence-corrected chi connectivity index (χ1v) is 10.4. The second-order valence-corrected chi connectivity index (χ2v) is 7.91. The first kappa shape index (κ1) is 20.1. The van der Waals surface area contributed by atoms with Gasteiger partial charge in [0.2, 0.25) is 0 Å². The van der Waals surface area contributed by atoms with Crippen LogP contribution in [0.4, 0.5) is 0 Å². The molecule has 0 unspecified atom stereocenters. The molecular formula is C18H32N2O2S. The predicted octanol–water partition coefficient (Wildman–Crippen LogP) is 4.30. The van der Waals surface area contributed by atoms with E-state index < -0.39 is 10.0 Å². The summed E-state index contributed by atoms with van der Waals surface area (Å²) in [6.45, 7) is 2.25. The summed E-state index contributed by atoms with van der Waals surface area (Å²) in [4.78, 5) is 2.05. The Hall–Kier alpha value is -0.910. The van der Waals surface area contributed by atoms with Gasteiger partial charge in [-0.2, -0.15) is 4.83 Å². The summed E-state index contributed by atoms with van der Waals surface area (Å²) in [7, 11) is -3.53. The van der Waals surface area contributed by atoms with E-state index in [2.05, 4.69) is 6.92 Å². The molecule has 0 aliphatic heterocycles. The molecule has 0 saturated carbocycles. The second-order valence-electron chi connectivity index (χ2n) is 6.20. The van der Waals surface area contributed by atoms with Gasteiger partial charge in [-0.25, -0.2) is 8.42 Å². The second kappa shape index (κ2) is 11.6. The molecule has 4 nitrogen and oxygen atoms in total. The van der Waals surface area contributed by atoms with Gasteiger partial charge in [0.05, 0.1) is 4.90 Å². The lowest BCUT2D eigenvalue weighted by Gasteiger charge is -2.05. The van der Waals surface area contributed by atoms with Gasteiger partial charge in [0.15, 0.2) is 0 Å². The normalized spacial score (nSPS) is 11.7. The van der Waals surface area contributed by atoms with Gasteiger partial charge in [-0.3, -0.25) is 5.84 Å². The number of hydrogen-bond acceptors (Lipinski definition) is 3. The molecule has 0 aliphatic carbocycles. The largest absolute Gasteiger partial charge is 0.257 e. The highest BCUT2D eigenvalue weighted by molar-refractivity contribution is 7.89. The standard InChI is InChI=1S/C18H32N2O2S/c1-2-3-4-5-6-7-8-9-10-11-12-17-13-15-18(16-14-17)23(21,22)20-19/h13-16,20H,2-12,19H2,1H3. The van der Waals surface area contributed by atoms with Crippen LogP contribution in [0.2, 0.25) is 0 Å². The molecule has 0 atom stereocenters. The molecule has 1 rings (SSSR count). The minimum Gasteiger partial charge on any atom is -0.257 e. The monoisotopic (exact) mass is 340 g/mol. The lowest BCUT2D eigenvalue weighted by Crippen LogP contribution is -2.30. The molecular weight excluding hydrogens is 308 g/mol. The maximum Gasteiger partial charge on any atom is 0.253 e. The molecule has 5 heteroatoms. The van der Waals surface area contributed by atoms with Gasteiger partial charge < -0.3 is 0 Å². The number of hydrazine groups is 1. The van der Waals surface area contributed by atoms with Crippen molar-refractivity contribution >= 4 is 10.0 Å². The molecule has 0 spiro atoms. The lowest BCUT2D eigenvalue weighted by molar-refractivity contribution is 0.556. The number of hydrogen-bond donors (Lipinski definition) is 2. The fourth-order valence-corrected chi connectivity index (χ4v) is 3.35. The number of nitrogens with one attached hydrogen (secondary N) is 1. The van der Waals surface area contributed by atoms with Gasteiger partial charge >= 0.3 is 0 Å². The van der Waals surface area contributed by atoms with Gasteiger partial charge in [0.25, 0.3) is 10.0 Å². The van der Waals surface area contributed by atoms with Gasteiger partial charge in [0.1, 0.15) is 0 Å². The molecule has 0 heterocycles. The third kappa shape index (κ3) is 8.49. The molecule has 23 heavy (non-hydrogen) atoms. The topological polar surface area (TPSA) is 72.2 Å². The quantitative estimate of drug-likeness (QED) is 0.319. The summed E-state index contributed by atoms with van der Waals surface area (Å²) in [6.07, 6.45) is 14.3. The molecule has 0 aliphatic rings. The van der Waals surface area contributed by atoms with E-state index in [4.69, 9.17) is 5.84 Å². The fraction of sp³-hybridized carbons (Fsp3) is 0.667. The number of aryl methyl sites for hydroxylation is 1. The number of nitrogens with two attached hydrogens (primary N) is 1. The van der Waals surface area contributed by atoms with Gasteiger partial charge in [-0.15, -0.1) is 0 Å². The molecule has 1 aromatic carbocycles. The molecule has 3 N–H and O–H groups in total. The summed E-state index contributed by atoms with van der Waals surface area (Å²) in [5.41, 5.74) is 1.18. The molecule has 0 fully saturated rings. The first-order valence-electron chi connectivity index (χ1n) is 8.91. The van der Waals surface area contributed by atoms with E-state index in [0.29, 0.717) is 0 Å². The van der Waals surface area contributed by atoms with E-state index in [-0.39, 0.29) is 4.90 Å². The maximum atomic E-state index is 11.5. The van der Waals surface area contributed by atoms with E-state index >= 15 is 0 Å². The van der Waals surface area contributed by atoms with Crippen LogP contribution in [-0.2, 0) is 16.4 Å². The molecule has 0 aromatic heterocycles. The number of rotatable bonds is 13. The third-order valence-electron chi connectivity index (χ3n) is 4.21. The zero-order chi connectivity index (χ0) is 17.0. The summed E-state index contributed by atoms with van der Waals surface area (Å²) in [5.74, 6) is 5.01. The number of sulfonamides is 1. The molecule has 1 aromatic rings. The van der Waals surface area contributed by atoms with Crippen molar-refractivity contribution in [1.29, 1.82) is 0 Å². The van der Waals surface area contributed by atoms with Gasteiger partial charge in [-0.05, 0) is 30.5 Å². The fourth-order valence-electron chi connectivity index (χ4n) is 2.72. The van der Waals surface area contributed by atoms with Crippen LogP contribution in [0.3, 0.4) is 0 Å². The SMILES string of the molecule is CCCCCCCCCCCCc1ccc(S(=O)(=O)NN)cc1. The van der Waals surface area contributed by atoms with Crippen LogP contribution in [0.5, 0.6) is 0 Å². The van der Waals surface area contributed by atoms with Crippen molar-refractivity contribution in [1.82, 2.24) is 4.83 Å². The Bertz CT molecular complexity index is 512. The Kier molecular flexibility index (Phi) is 10.2. The van der Waals surface area contributed by atoms with Crippen molar-refractivity contribution in [2.24, 2.45) is 5.84 Å². The van der Waals surface area contributed by atoms with E-state index in [1.54, 1.807) is 12.1 Å². The maximum absolute atomic E-state index is 11.5. The minimum absolute atomic E-state index is 0.215. The highest BCUT2D eigenvalue weighted by Gasteiger charge is 2.10. The van der Waals surface area contributed by atoms with Crippen LogP contribution in [0, 0.1) is 0 Å². The summed E-state index contributed by atoms with van der Waals surface area (Å²) in [6, 6.07) is 6.97. The van der Waals surface area contributed by atoms with Crippen molar-refractivity contribution < 1.29 is 8.42 Å². The molecule has 0 bridgehead atoms. The number of unbranched alkanes of at least 4 members (excludes halogenated alkanes) is 9. The Morgan fingerprint density at radius 2 is 1.30 bits per heavy atom. The van der Waals surface area contributed by atoms with Crippen molar-refractivity contribution in [3.8, 4) is 0 Å². The van der Waals surface area contributed by atoms with Crippen LogP contribution in [0.25, 0.3) is 0 Å². The van der Waals surface area contributed by atoms with E-state index in [9.17, 15) is 8.42 Å². The van der Waals surface area contributed by atoms with Crippen LogP contribution < -0.4 is 10.7 Å². The molecule has 0 radical (unpaired) electrons. The van der Waals surface area contributed by atoms with Crippen molar-refractivity contribution in [3.63, 3.8) is 0 Å². The smallest absolute Gasteiger partial charge is 0.253 e. The Balaban J connectivity index is 2.10. The highest BCUT2D eigenvalue weighted by Crippen LogP contribution is 2.14. The van der Waals surface area contributed by atoms with E-state index in [1.807, 2.05) is 17.0 Å². The highest BCUT2D eigenvalue weighted by atomic mass is 32.2. The predicted molar refractivity (Wildman–Crippen MR) is 96.5 cm³/mol. The van der Waals surface area contributed by atoms with E-state index in [1.165, 1.54) is 63.4 Å². The zero-order valence-corrected chi connectivity index (χ0v) is 15.2. The number of benzene rings is 1. The summed E-state index contributed by atoms with van der Waals surface area (Å²) < 4.78 is 23.0. The average molecular weight is 341 g/mol. The van der Waals surface area contributed by atoms with Crippen LogP contribution >= 0.6 is 0 Å². The van der Waals surface area contributed by atoms with Crippen molar-refractivity contribution in [2.75, 3.05) is 0 Å². The van der Waals surface area contributed by atoms with Crippen LogP contribution in [0.1, 0.15) is 76.7 Å². The first-order chi connectivity index (χ1) is 11.1. The molecule has 132 valence electrons. The zero-order valence-electron chi connectivity index (χ0n) is 14.4.